The smallest absolute Gasteiger partial charge is 0.295 e. The van der Waals surface area contributed by atoms with Crippen molar-refractivity contribution < 1.29 is 19.4 Å². The SMILES string of the molecule is COCCN1C(=O)C(=O)/C(=C(\O)c2ccc(Br)c(C)c2)C1c1ccc(Cl)c(Cl)c1. The van der Waals surface area contributed by atoms with E-state index in [1.807, 2.05) is 6.92 Å². The van der Waals surface area contributed by atoms with Gasteiger partial charge >= 0.3 is 0 Å². The van der Waals surface area contributed by atoms with Crippen molar-refractivity contribution in [1.82, 2.24) is 4.90 Å². The molecule has 1 amide bonds. The average Bonchev–Trinajstić information content (AvgIpc) is 2.94. The molecule has 0 radical (unpaired) electrons. The predicted octanol–water partition coefficient (Wildman–Crippen LogP) is 5.13. The lowest BCUT2D eigenvalue weighted by molar-refractivity contribution is -0.140. The Hall–Kier alpha value is -1.86. The zero-order valence-corrected chi connectivity index (χ0v) is 18.8. The fourth-order valence-electron chi connectivity index (χ4n) is 3.28. The number of Topliss-reactive ketones (excluding diaryl/α,β-unsaturated/α-hetero) is 1. The summed E-state index contributed by atoms with van der Waals surface area (Å²) in [6.07, 6.45) is 0. The quantitative estimate of drug-likeness (QED) is 0.352. The van der Waals surface area contributed by atoms with Crippen LogP contribution in [0.25, 0.3) is 5.76 Å². The Morgan fingerprint density at radius 1 is 1.17 bits per heavy atom. The van der Waals surface area contributed by atoms with Crippen LogP contribution in [0.5, 0.6) is 0 Å². The van der Waals surface area contributed by atoms with Crippen molar-refractivity contribution in [3.8, 4) is 0 Å². The van der Waals surface area contributed by atoms with E-state index < -0.39 is 17.7 Å². The monoisotopic (exact) mass is 497 g/mol. The Bertz CT molecular complexity index is 1020. The van der Waals surface area contributed by atoms with Gasteiger partial charge in [-0.1, -0.05) is 51.3 Å². The number of hydrogen-bond acceptors (Lipinski definition) is 4. The van der Waals surface area contributed by atoms with Gasteiger partial charge in [-0.15, -0.1) is 0 Å². The van der Waals surface area contributed by atoms with E-state index in [0.29, 0.717) is 21.2 Å². The second-order valence-corrected chi connectivity index (χ2v) is 8.29. The van der Waals surface area contributed by atoms with Gasteiger partial charge in [0.25, 0.3) is 11.7 Å². The van der Waals surface area contributed by atoms with Gasteiger partial charge in [0.2, 0.25) is 0 Å². The molecule has 1 atom stereocenters. The molecule has 2 aromatic rings. The van der Waals surface area contributed by atoms with Crippen molar-refractivity contribution in [2.45, 2.75) is 13.0 Å². The number of nitrogens with zero attached hydrogens (tertiary/aromatic N) is 1. The number of amides is 1. The summed E-state index contributed by atoms with van der Waals surface area (Å²) in [5.74, 6) is -1.70. The van der Waals surface area contributed by atoms with Gasteiger partial charge in [-0.25, -0.2) is 0 Å². The molecule has 1 aliphatic heterocycles. The summed E-state index contributed by atoms with van der Waals surface area (Å²) in [5.41, 5.74) is 1.91. The van der Waals surface area contributed by atoms with Crippen molar-refractivity contribution in [3.63, 3.8) is 0 Å². The van der Waals surface area contributed by atoms with Crippen molar-refractivity contribution in [1.29, 1.82) is 0 Å². The van der Waals surface area contributed by atoms with Crippen molar-refractivity contribution in [3.05, 3.63) is 73.2 Å². The highest BCUT2D eigenvalue weighted by atomic mass is 79.9. The van der Waals surface area contributed by atoms with Crippen LogP contribution in [0.15, 0.2) is 46.4 Å². The number of carbonyl (C=O) groups is 2. The van der Waals surface area contributed by atoms with Crippen LogP contribution >= 0.6 is 39.1 Å². The number of likely N-dealkylation sites (tertiary alicyclic amines) is 1. The molecule has 1 heterocycles. The van der Waals surface area contributed by atoms with Crippen molar-refractivity contribution >= 4 is 56.6 Å². The van der Waals surface area contributed by atoms with Gasteiger partial charge < -0.3 is 14.7 Å². The van der Waals surface area contributed by atoms with E-state index in [1.165, 1.54) is 12.0 Å². The molecule has 1 saturated heterocycles. The third kappa shape index (κ3) is 4.21. The first-order chi connectivity index (χ1) is 13.8. The molecule has 0 bridgehead atoms. The Balaban J connectivity index is 2.20. The number of ether oxygens (including phenoxy) is 1. The van der Waals surface area contributed by atoms with Crippen molar-refractivity contribution in [2.24, 2.45) is 0 Å². The van der Waals surface area contributed by atoms with Gasteiger partial charge in [0, 0.05) is 23.7 Å². The lowest BCUT2D eigenvalue weighted by Crippen LogP contribution is -2.32. The summed E-state index contributed by atoms with van der Waals surface area (Å²) in [4.78, 5) is 27.0. The summed E-state index contributed by atoms with van der Waals surface area (Å²) in [6, 6.07) is 9.28. The molecule has 0 aliphatic carbocycles. The fraction of sp³-hybridized carbons (Fsp3) is 0.238. The van der Waals surface area contributed by atoms with Crippen LogP contribution in [0.3, 0.4) is 0 Å². The van der Waals surface area contributed by atoms with Crippen LogP contribution in [-0.4, -0.2) is 42.0 Å². The molecular weight excluding hydrogens is 481 g/mol. The van der Waals surface area contributed by atoms with Crippen LogP contribution in [0, 0.1) is 6.92 Å². The molecular formula is C21H18BrCl2NO4. The Labute approximate surface area is 187 Å². The minimum absolute atomic E-state index is 0.00575. The van der Waals surface area contributed by atoms with Gasteiger partial charge in [0.15, 0.2) is 0 Å². The lowest BCUT2D eigenvalue weighted by atomic mass is 9.95. The normalized spacial score (nSPS) is 18.5. The van der Waals surface area contributed by atoms with E-state index in [2.05, 4.69) is 15.9 Å². The van der Waals surface area contributed by atoms with E-state index >= 15 is 0 Å². The number of benzene rings is 2. The van der Waals surface area contributed by atoms with E-state index in [-0.39, 0.29) is 24.5 Å². The van der Waals surface area contributed by atoms with E-state index in [4.69, 9.17) is 27.9 Å². The van der Waals surface area contributed by atoms with Gasteiger partial charge in [0.1, 0.15) is 5.76 Å². The topological polar surface area (TPSA) is 66.8 Å². The third-order valence-electron chi connectivity index (χ3n) is 4.77. The first kappa shape index (κ1) is 21.8. The number of aryl methyl sites for hydroxylation is 1. The zero-order valence-electron chi connectivity index (χ0n) is 15.7. The highest BCUT2D eigenvalue weighted by Gasteiger charge is 2.46. The first-order valence-corrected chi connectivity index (χ1v) is 10.3. The van der Waals surface area contributed by atoms with E-state index in [0.717, 1.165) is 10.0 Å². The van der Waals surface area contributed by atoms with E-state index in [1.54, 1.807) is 36.4 Å². The fourth-order valence-corrected chi connectivity index (χ4v) is 3.83. The molecule has 29 heavy (non-hydrogen) atoms. The number of halogens is 3. The van der Waals surface area contributed by atoms with Gasteiger partial charge in [-0.05, 0) is 42.3 Å². The number of aliphatic hydroxyl groups excluding tert-OH is 1. The maximum absolute atomic E-state index is 12.9. The molecule has 0 aromatic heterocycles. The van der Waals surface area contributed by atoms with Crippen LogP contribution in [0.1, 0.15) is 22.7 Å². The molecule has 5 nitrogen and oxygen atoms in total. The second-order valence-electron chi connectivity index (χ2n) is 6.62. The maximum Gasteiger partial charge on any atom is 0.295 e. The van der Waals surface area contributed by atoms with Crippen LogP contribution in [0.2, 0.25) is 10.0 Å². The summed E-state index contributed by atoms with van der Waals surface area (Å²) in [5, 5.41) is 11.6. The minimum Gasteiger partial charge on any atom is -0.507 e. The van der Waals surface area contributed by atoms with Gasteiger partial charge in [0.05, 0.1) is 28.3 Å². The molecule has 0 spiro atoms. The highest BCUT2D eigenvalue weighted by molar-refractivity contribution is 9.10. The average molecular weight is 499 g/mol. The van der Waals surface area contributed by atoms with Gasteiger partial charge in [-0.2, -0.15) is 0 Å². The lowest BCUT2D eigenvalue weighted by Gasteiger charge is -2.25. The summed E-state index contributed by atoms with van der Waals surface area (Å²) >= 11 is 15.6. The van der Waals surface area contributed by atoms with Crippen molar-refractivity contribution in [2.75, 3.05) is 20.3 Å². The number of ketones is 1. The molecule has 1 fully saturated rings. The van der Waals surface area contributed by atoms with Crippen LogP contribution in [0.4, 0.5) is 0 Å². The van der Waals surface area contributed by atoms with Crippen LogP contribution < -0.4 is 0 Å². The maximum atomic E-state index is 12.9. The Kier molecular flexibility index (Phi) is 6.69. The summed E-state index contributed by atoms with van der Waals surface area (Å²) in [6.45, 7) is 2.29. The second kappa shape index (κ2) is 8.88. The molecule has 152 valence electrons. The first-order valence-electron chi connectivity index (χ1n) is 8.75. The van der Waals surface area contributed by atoms with E-state index in [9.17, 15) is 14.7 Å². The van der Waals surface area contributed by atoms with Crippen LogP contribution in [-0.2, 0) is 14.3 Å². The Morgan fingerprint density at radius 2 is 1.90 bits per heavy atom. The number of aliphatic hydroxyl groups is 1. The molecule has 3 rings (SSSR count). The third-order valence-corrected chi connectivity index (χ3v) is 6.40. The number of hydrogen-bond donors (Lipinski definition) is 1. The molecule has 1 aliphatic rings. The number of methoxy groups -OCH3 is 1. The molecule has 0 saturated carbocycles. The number of rotatable bonds is 5. The standard InChI is InChI=1S/C21H18BrCl2NO4/c1-11-9-13(3-5-14(11)22)19(26)17-18(12-4-6-15(23)16(24)10-12)25(7-8-29-2)21(28)20(17)27/h3-6,9-10,18,26H,7-8H2,1-2H3/b19-17-. The molecule has 2 aromatic carbocycles. The minimum atomic E-state index is -0.802. The number of carbonyl (C=O) groups excluding carboxylic acids is 2. The zero-order chi connectivity index (χ0) is 21.3. The highest BCUT2D eigenvalue weighted by Crippen LogP contribution is 2.41. The van der Waals surface area contributed by atoms with Gasteiger partial charge in [-0.3, -0.25) is 9.59 Å². The summed E-state index contributed by atoms with van der Waals surface area (Å²) < 4.78 is 5.96. The molecule has 1 unspecified atom stereocenters. The Morgan fingerprint density at radius 3 is 2.52 bits per heavy atom. The largest absolute Gasteiger partial charge is 0.507 e. The molecule has 8 heteroatoms. The summed E-state index contributed by atoms with van der Waals surface area (Å²) in [7, 11) is 1.51. The predicted molar refractivity (Wildman–Crippen MR) is 116 cm³/mol. The molecule has 1 N–H and O–H groups in total.